The van der Waals surface area contributed by atoms with Crippen molar-refractivity contribution < 1.29 is 5.76 Å². The predicted molar refractivity (Wildman–Crippen MR) is 23.2 cm³/mol. The molecule has 0 aromatic carbocycles. The molecule has 0 unspecified atom stereocenters. The Kier molecular flexibility index (Phi) is 0.604. The van der Waals surface area contributed by atoms with E-state index in [0.29, 0.717) is 0 Å². The van der Waals surface area contributed by atoms with Gasteiger partial charge >= 0.3 is 0 Å². The van der Waals surface area contributed by atoms with Crippen LogP contribution in [0.3, 0.4) is 0 Å². The summed E-state index contributed by atoms with van der Waals surface area (Å²) < 4.78 is 20.1. The fraction of sp³-hybridized carbons (Fsp3) is 0.250. The Morgan fingerprint density at radius 2 is 2.86 bits per heavy atom. The van der Waals surface area contributed by atoms with Crippen LogP contribution in [0.5, 0.6) is 0 Å². The minimum atomic E-state index is -0.715. The average Bonchev–Trinajstić information content (AvgIpc) is 1.85. The molecule has 0 aliphatic carbocycles. The Labute approximate surface area is 42.0 Å². The topological polar surface area (TPSA) is 17.8 Å². The zero-order valence-corrected chi connectivity index (χ0v) is 3.85. The first kappa shape index (κ1) is 3.18. The molecule has 0 saturated heterocycles. The van der Waals surface area contributed by atoms with Gasteiger partial charge in [-0.1, -0.05) is 0 Å². The van der Waals surface area contributed by atoms with Crippen molar-refractivity contribution >= 4 is 0 Å². The maximum atomic E-state index is 12.0. The summed E-state index contributed by atoms with van der Waals surface area (Å²) in [5.41, 5.74) is 0. The number of aromatic nitrogens is 2. The molecule has 1 aromatic heterocycles. The van der Waals surface area contributed by atoms with Crippen molar-refractivity contribution in [3.63, 3.8) is 0 Å². The number of hydrogen-bond acceptors (Lipinski definition) is 1. The summed E-state index contributed by atoms with van der Waals surface area (Å²) in [6, 6.07) is -0.160. The maximum Gasteiger partial charge on any atom is 0.232 e. The van der Waals surface area contributed by atoms with E-state index in [4.69, 9.17) is 1.37 Å². The number of halogens is 1. The van der Waals surface area contributed by atoms with E-state index in [9.17, 15) is 4.39 Å². The van der Waals surface area contributed by atoms with E-state index < -0.39 is 5.95 Å². The lowest BCUT2D eigenvalue weighted by molar-refractivity contribution is 0.553. The van der Waals surface area contributed by atoms with Crippen LogP contribution in [-0.2, 0) is 7.05 Å². The Balaban J connectivity index is 3.14. The Hall–Kier alpha value is -0.860. The van der Waals surface area contributed by atoms with Crippen molar-refractivity contribution in [3.8, 4) is 0 Å². The highest BCUT2D eigenvalue weighted by Gasteiger charge is 1.86. The van der Waals surface area contributed by atoms with Crippen LogP contribution >= 0.6 is 0 Å². The van der Waals surface area contributed by atoms with Gasteiger partial charge in [0.25, 0.3) is 0 Å². The van der Waals surface area contributed by atoms with Crippen molar-refractivity contribution in [3.05, 3.63) is 18.2 Å². The SMILES string of the molecule is [2H]c1cn(C)nc1F. The molecule has 0 aliphatic rings. The van der Waals surface area contributed by atoms with E-state index >= 15 is 0 Å². The van der Waals surface area contributed by atoms with Crippen molar-refractivity contribution in [2.75, 3.05) is 0 Å². The van der Waals surface area contributed by atoms with Gasteiger partial charge in [0.1, 0.15) is 0 Å². The summed E-state index contributed by atoms with van der Waals surface area (Å²) in [6.07, 6.45) is 1.30. The van der Waals surface area contributed by atoms with Crippen molar-refractivity contribution in [1.82, 2.24) is 9.78 Å². The molecule has 0 bridgehead atoms. The third-order valence-electron chi connectivity index (χ3n) is 0.616. The summed E-state index contributed by atoms with van der Waals surface area (Å²) in [6.45, 7) is 0. The lowest BCUT2D eigenvalue weighted by atomic mass is 10.7. The molecule has 0 radical (unpaired) electrons. The molecule has 1 rings (SSSR count). The van der Waals surface area contributed by atoms with Gasteiger partial charge in [0.2, 0.25) is 5.95 Å². The molecule has 0 N–H and O–H groups in total. The van der Waals surface area contributed by atoms with Crippen LogP contribution in [-0.4, -0.2) is 9.78 Å². The first-order valence-corrected chi connectivity index (χ1v) is 1.86. The summed E-state index contributed by atoms with van der Waals surface area (Å²) in [7, 11) is 1.57. The van der Waals surface area contributed by atoms with Crippen LogP contribution in [0.4, 0.5) is 4.39 Å². The molecule has 38 valence electrons. The summed E-state index contributed by atoms with van der Waals surface area (Å²) in [5, 5.41) is 3.27. The summed E-state index contributed by atoms with van der Waals surface area (Å²) in [5.74, 6) is -0.715. The third kappa shape index (κ3) is 0.765. The van der Waals surface area contributed by atoms with E-state index in [-0.39, 0.29) is 6.04 Å². The standard InChI is InChI=1S/C4H5FN2/c1-7-3-2-4(5)6-7/h2-3H,1H3/i2D. The van der Waals surface area contributed by atoms with Crippen LogP contribution in [0.15, 0.2) is 12.2 Å². The van der Waals surface area contributed by atoms with Crippen LogP contribution in [0.2, 0.25) is 0 Å². The zero-order chi connectivity index (χ0) is 6.15. The van der Waals surface area contributed by atoms with E-state index in [0.717, 1.165) is 0 Å². The maximum absolute atomic E-state index is 12.0. The van der Waals surface area contributed by atoms with Gasteiger partial charge in [-0.25, -0.2) is 0 Å². The van der Waals surface area contributed by atoms with Gasteiger partial charge in [-0.15, -0.1) is 5.10 Å². The molecule has 1 aromatic rings. The molecule has 0 saturated carbocycles. The Morgan fingerprint density at radius 3 is 3.00 bits per heavy atom. The lowest BCUT2D eigenvalue weighted by Gasteiger charge is -1.78. The number of nitrogens with zero attached hydrogens (tertiary/aromatic N) is 2. The molecular formula is C4H5FN2. The molecule has 2 nitrogen and oxygen atoms in total. The second-order valence-corrected chi connectivity index (χ2v) is 1.24. The van der Waals surface area contributed by atoms with Crippen LogP contribution in [0.1, 0.15) is 1.37 Å². The zero-order valence-electron chi connectivity index (χ0n) is 4.85. The van der Waals surface area contributed by atoms with E-state index in [1.54, 1.807) is 7.05 Å². The van der Waals surface area contributed by atoms with Gasteiger partial charge in [0, 0.05) is 19.3 Å². The minimum absolute atomic E-state index is 0.160. The number of hydrogen-bond donors (Lipinski definition) is 0. The van der Waals surface area contributed by atoms with E-state index in [1.165, 1.54) is 10.9 Å². The summed E-state index contributed by atoms with van der Waals surface area (Å²) in [4.78, 5) is 0. The highest BCUT2D eigenvalue weighted by atomic mass is 19.1. The smallest absolute Gasteiger partial charge is 0.232 e. The van der Waals surface area contributed by atoms with E-state index in [2.05, 4.69) is 5.10 Å². The van der Waals surface area contributed by atoms with Crippen LogP contribution < -0.4 is 0 Å². The normalized spacial score (nSPS) is 11.4. The van der Waals surface area contributed by atoms with Gasteiger partial charge in [-0.05, 0) is 0 Å². The molecule has 7 heavy (non-hydrogen) atoms. The molecule has 0 spiro atoms. The highest BCUT2D eigenvalue weighted by molar-refractivity contribution is 4.80. The molecule has 0 fully saturated rings. The molecule has 3 heteroatoms. The fourth-order valence-corrected chi connectivity index (χ4v) is 0.343. The Bertz CT molecular complexity index is 176. The largest absolute Gasteiger partial charge is 0.273 e. The molecule has 0 atom stereocenters. The number of aryl methyl sites for hydroxylation is 1. The van der Waals surface area contributed by atoms with Gasteiger partial charge in [0.15, 0.2) is 0 Å². The summed E-state index contributed by atoms with van der Waals surface area (Å²) >= 11 is 0. The average molecular weight is 101 g/mol. The lowest BCUT2D eigenvalue weighted by Crippen LogP contribution is -1.86. The van der Waals surface area contributed by atoms with Gasteiger partial charge in [0.05, 0.1) is 1.37 Å². The van der Waals surface area contributed by atoms with Crippen molar-refractivity contribution in [2.45, 2.75) is 0 Å². The molecule has 0 aliphatic heterocycles. The van der Waals surface area contributed by atoms with Gasteiger partial charge in [-0.2, -0.15) is 4.39 Å². The Morgan fingerprint density at radius 1 is 2.14 bits per heavy atom. The highest BCUT2D eigenvalue weighted by Crippen LogP contribution is 1.86. The molecule has 1 heterocycles. The second-order valence-electron chi connectivity index (χ2n) is 1.24. The quantitative estimate of drug-likeness (QED) is 0.467. The minimum Gasteiger partial charge on any atom is -0.273 e. The van der Waals surface area contributed by atoms with Crippen molar-refractivity contribution in [2.24, 2.45) is 7.05 Å². The second kappa shape index (κ2) is 1.33. The predicted octanol–water partition coefficient (Wildman–Crippen LogP) is 0.559. The van der Waals surface area contributed by atoms with E-state index in [1.807, 2.05) is 0 Å². The van der Waals surface area contributed by atoms with Gasteiger partial charge < -0.3 is 0 Å². The van der Waals surface area contributed by atoms with Crippen LogP contribution in [0.25, 0.3) is 0 Å². The van der Waals surface area contributed by atoms with Gasteiger partial charge in [-0.3, -0.25) is 4.68 Å². The number of rotatable bonds is 0. The molecule has 0 amide bonds. The monoisotopic (exact) mass is 101 g/mol. The van der Waals surface area contributed by atoms with Crippen LogP contribution in [0, 0.1) is 5.95 Å². The van der Waals surface area contributed by atoms with Crippen molar-refractivity contribution in [1.29, 1.82) is 0 Å². The first-order valence-electron chi connectivity index (χ1n) is 2.36. The first-order chi connectivity index (χ1) is 3.70. The molecular weight excluding hydrogens is 95.1 g/mol. The fourth-order valence-electron chi connectivity index (χ4n) is 0.343. The third-order valence-corrected chi connectivity index (χ3v) is 0.616.